The van der Waals surface area contributed by atoms with Gasteiger partial charge in [-0.2, -0.15) is 13.4 Å². The summed E-state index contributed by atoms with van der Waals surface area (Å²) in [4.78, 5) is 27.9. The Morgan fingerprint density at radius 1 is 1.07 bits per heavy atom. The van der Waals surface area contributed by atoms with E-state index in [1.807, 2.05) is 0 Å². The Balaban J connectivity index is 1.83. The molecule has 0 heterocycles. The van der Waals surface area contributed by atoms with Crippen molar-refractivity contribution in [2.45, 2.75) is 6.42 Å². The third-order valence-electron chi connectivity index (χ3n) is 3.70. The topological polar surface area (TPSA) is 122 Å². The third-order valence-corrected chi connectivity index (χ3v) is 4.51. The van der Waals surface area contributed by atoms with Gasteiger partial charge in [-0.3, -0.25) is 14.1 Å². The second-order valence-corrected chi connectivity index (χ2v) is 7.59. The van der Waals surface area contributed by atoms with Crippen LogP contribution in [0, 0.1) is 0 Å². The molecule has 29 heavy (non-hydrogen) atoms. The Morgan fingerprint density at radius 3 is 2.21 bits per heavy atom. The lowest BCUT2D eigenvalue weighted by molar-refractivity contribution is -0.121. The molecule has 2 aromatic carbocycles. The van der Waals surface area contributed by atoms with Gasteiger partial charge in [0, 0.05) is 17.7 Å². The number of hydrogen-bond donors (Lipinski definition) is 2. The van der Waals surface area contributed by atoms with Gasteiger partial charge in [-0.25, -0.2) is 0 Å². The quantitative estimate of drug-likeness (QED) is 0.255. The molecule has 0 saturated carbocycles. The predicted molar refractivity (Wildman–Crippen MR) is 111 cm³/mol. The third kappa shape index (κ3) is 7.92. The van der Waals surface area contributed by atoms with Gasteiger partial charge in [0.1, 0.15) is 5.75 Å². The standard InChI is InChI=1S/C19H18N2O6S2/c22-18(20-10-12-29(24,25)26)9-11-27-17-7-3-15(4-8-17)19(23)14-1-5-16(6-2-14)21-13-28/h1-8H,9-12H2,(H,20,22)(H,24,25,26). The van der Waals surface area contributed by atoms with Crippen molar-refractivity contribution in [1.82, 2.24) is 5.32 Å². The fraction of sp³-hybridized carbons (Fsp3) is 0.211. The van der Waals surface area contributed by atoms with E-state index in [1.54, 1.807) is 48.5 Å². The van der Waals surface area contributed by atoms with Crippen LogP contribution < -0.4 is 10.1 Å². The lowest BCUT2D eigenvalue weighted by Crippen LogP contribution is -2.29. The van der Waals surface area contributed by atoms with Gasteiger partial charge in [-0.1, -0.05) is 0 Å². The van der Waals surface area contributed by atoms with Crippen LogP contribution in [0.2, 0.25) is 0 Å². The number of isothiocyanates is 1. The van der Waals surface area contributed by atoms with Gasteiger partial charge in [-0.15, -0.1) is 0 Å². The molecule has 0 aliphatic rings. The van der Waals surface area contributed by atoms with E-state index < -0.39 is 21.8 Å². The van der Waals surface area contributed by atoms with E-state index in [2.05, 4.69) is 27.7 Å². The molecule has 0 bridgehead atoms. The normalized spacial score (nSPS) is 10.7. The highest BCUT2D eigenvalue weighted by Crippen LogP contribution is 2.18. The van der Waals surface area contributed by atoms with Crippen molar-refractivity contribution in [3.63, 3.8) is 0 Å². The van der Waals surface area contributed by atoms with Crippen molar-refractivity contribution >= 4 is 44.9 Å². The van der Waals surface area contributed by atoms with E-state index >= 15 is 0 Å². The molecule has 0 unspecified atom stereocenters. The second kappa shape index (κ2) is 10.6. The molecule has 2 rings (SSSR count). The summed E-state index contributed by atoms with van der Waals surface area (Å²) in [6.45, 7) is -0.0970. The zero-order chi connectivity index (χ0) is 21.3. The van der Waals surface area contributed by atoms with E-state index in [9.17, 15) is 18.0 Å². The van der Waals surface area contributed by atoms with Crippen LogP contribution in [0.5, 0.6) is 5.75 Å². The highest BCUT2D eigenvalue weighted by atomic mass is 32.2. The average Bonchev–Trinajstić information content (AvgIpc) is 2.68. The number of ketones is 1. The van der Waals surface area contributed by atoms with Crippen molar-refractivity contribution in [2.75, 3.05) is 18.9 Å². The largest absolute Gasteiger partial charge is 0.493 e. The zero-order valence-corrected chi connectivity index (χ0v) is 16.8. The number of benzene rings is 2. The van der Waals surface area contributed by atoms with Gasteiger partial charge < -0.3 is 10.1 Å². The molecule has 0 aliphatic carbocycles. The van der Waals surface area contributed by atoms with Gasteiger partial charge >= 0.3 is 0 Å². The van der Waals surface area contributed by atoms with Crippen LogP contribution in [0.4, 0.5) is 5.69 Å². The first-order valence-corrected chi connectivity index (χ1v) is 10.5. The summed E-state index contributed by atoms with van der Waals surface area (Å²) in [5.41, 5.74) is 1.59. The molecule has 0 aliphatic heterocycles. The summed E-state index contributed by atoms with van der Waals surface area (Å²) >= 11 is 4.53. The van der Waals surface area contributed by atoms with E-state index in [0.29, 0.717) is 22.6 Å². The number of rotatable bonds is 10. The summed E-state index contributed by atoms with van der Waals surface area (Å²) in [6, 6.07) is 13.1. The van der Waals surface area contributed by atoms with Crippen LogP contribution in [-0.4, -0.2) is 48.7 Å². The van der Waals surface area contributed by atoms with E-state index in [-0.39, 0.29) is 25.4 Å². The number of nitrogens with zero attached hydrogens (tertiary/aromatic N) is 1. The summed E-state index contributed by atoms with van der Waals surface area (Å²) in [7, 11) is -4.10. The maximum atomic E-state index is 12.5. The zero-order valence-electron chi connectivity index (χ0n) is 15.2. The second-order valence-electron chi connectivity index (χ2n) is 5.84. The molecule has 8 nitrogen and oxygen atoms in total. The summed E-state index contributed by atoms with van der Waals surface area (Å²) < 4.78 is 35.2. The van der Waals surface area contributed by atoms with Gasteiger partial charge in [0.05, 0.1) is 29.6 Å². The van der Waals surface area contributed by atoms with Crippen molar-refractivity contribution < 1.29 is 27.3 Å². The molecule has 2 aromatic rings. The van der Waals surface area contributed by atoms with E-state index in [0.717, 1.165) is 0 Å². The van der Waals surface area contributed by atoms with Gasteiger partial charge in [0.2, 0.25) is 5.91 Å². The van der Waals surface area contributed by atoms with Crippen LogP contribution in [0.3, 0.4) is 0 Å². The van der Waals surface area contributed by atoms with Crippen LogP contribution >= 0.6 is 12.2 Å². The molecule has 0 aromatic heterocycles. The lowest BCUT2D eigenvalue weighted by atomic mass is 10.0. The molecule has 1 amide bonds. The molecule has 152 valence electrons. The molecule has 0 fully saturated rings. The fourth-order valence-electron chi connectivity index (χ4n) is 2.28. The summed E-state index contributed by atoms with van der Waals surface area (Å²) in [6.07, 6.45) is 0.0166. The molecule has 0 saturated heterocycles. The maximum absolute atomic E-state index is 12.5. The van der Waals surface area contributed by atoms with Gasteiger partial charge in [0.15, 0.2) is 5.78 Å². The highest BCUT2D eigenvalue weighted by molar-refractivity contribution is 7.85. The van der Waals surface area contributed by atoms with Crippen molar-refractivity contribution in [3.8, 4) is 5.75 Å². The Hall–Kier alpha value is -2.91. The Bertz CT molecular complexity index is 1010. The number of hydrogen-bond acceptors (Lipinski definition) is 7. The van der Waals surface area contributed by atoms with E-state index in [1.165, 1.54) is 0 Å². The smallest absolute Gasteiger partial charge is 0.266 e. The van der Waals surface area contributed by atoms with Crippen molar-refractivity contribution in [1.29, 1.82) is 0 Å². The van der Waals surface area contributed by atoms with Crippen LogP contribution in [0.25, 0.3) is 0 Å². The number of carbonyl (C=O) groups excluding carboxylic acids is 2. The minimum absolute atomic E-state index is 0.0166. The first-order chi connectivity index (χ1) is 13.8. The number of thiocarbonyl (C=S) groups is 1. The minimum atomic E-state index is -4.10. The lowest BCUT2D eigenvalue weighted by Gasteiger charge is -2.08. The van der Waals surface area contributed by atoms with Crippen molar-refractivity contribution in [2.24, 2.45) is 4.99 Å². The first kappa shape index (κ1) is 22.4. The monoisotopic (exact) mass is 434 g/mol. The molecule has 2 N–H and O–H groups in total. The molecule has 10 heteroatoms. The highest BCUT2D eigenvalue weighted by Gasteiger charge is 2.10. The Kier molecular flexibility index (Phi) is 8.17. The maximum Gasteiger partial charge on any atom is 0.266 e. The predicted octanol–water partition coefficient (Wildman–Crippen LogP) is 2.42. The van der Waals surface area contributed by atoms with Crippen LogP contribution in [-0.2, 0) is 14.9 Å². The minimum Gasteiger partial charge on any atom is -0.493 e. The number of amides is 1. The van der Waals surface area contributed by atoms with Crippen LogP contribution in [0.1, 0.15) is 22.3 Å². The van der Waals surface area contributed by atoms with Gasteiger partial charge in [-0.05, 0) is 60.7 Å². The Morgan fingerprint density at radius 2 is 1.66 bits per heavy atom. The van der Waals surface area contributed by atoms with Crippen molar-refractivity contribution in [3.05, 3.63) is 59.7 Å². The number of nitrogens with one attached hydrogen (secondary N) is 1. The number of carbonyl (C=O) groups is 2. The molecule has 0 radical (unpaired) electrons. The molecule has 0 spiro atoms. The summed E-state index contributed by atoms with van der Waals surface area (Å²) in [5, 5.41) is 4.62. The molecule has 0 atom stereocenters. The molecular formula is C19H18N2O6S2. The van der Waals surface area contributed by atoms with E-state index in [4.69, 9.17) is 9.29 Å². The van der Waals surface area contributed by atoms with Gasteiger partial charge in [0.25, 0.3) is 10.1 Å². The Labute approximate surface area is 173 Å². The SMILES string of the molecule is O=C(CCOc1ccc(C(=O)c2ccc(N=C=S)cc2)cc1)NCCS(=O)(=O)O. The van der Waals surface area contributed by atoms with Crippen LogP contribution in [0.15, 0.2) is 53.5 Å². The fourth-order valence-corrected chi connectivity index (χ4v) is 2.74. The molecular weight excluding hydrogens is 416 g/mol. The number of aliphatic imine (C=N–C) groups is 1. The number of ether oxygens (including phenoxy) is 1. The first-order valence-electron chi connectivity index (χ1n) is 8.46. The average molecular weight is 434 g/mol. The summed E-state index contributed by atoms with van der Waals surface area (Å²) in [5.74, 6) is -0.621.